The average molecular weight is 284 g/mol. The Balaban J connectivity index is 2.21. The zero-order chi connectivity index (χ0) is 13.8. The summed E-state index contributed by atoms with van der Waals surface area (Å²) in [5.74, 6) is -0.766. The van der Waals surface area contributed by atoms with Crippen molar-refractivity contribution in [1.29, 1.82) is 0 Å². The van der Waals surface area contributed by atoms with E-state index in [0.29, 0.717) is 5.88 Å². The Morgan fingerprint density at radius 1 is 1.53 bits per heavy atom. The van der Waals surface area contributed by atoms with Crippen molar-refractivity contribution in [3.05, 3.63) is 47.4 Å². The molecule has 2 aromatic rings. The number of nitrogens with one attached hydrogen (secondary N) is 1. The molecule has 0 saturated heterocycles. The van der Waals surface area contributed by atoms with E-state index in [0.717, 1.165) is 0 Å². The Hall–Kier alpha value is -2.08. The highest BCUT2D eigenvalue weighted by Gasteiger charge is 2.15. The summed E-state index contributed by atoms with van der Waals surface area (Å²) in [5, 5.41) is 4.00. The molecule has 0 spiro atoms. The number of halogens is 2. The first-order valence-electron chi connectivity index (χ1n) is 5.42. The molecule has 2 rings (SSSR count). The van der Waals surface area contributed by atoms with Crippen LogP contribution in [-0.4, -0.2) is 15.7 Å². The molecule has 1 aromatic heterocycles. The number of benzene rings is 1. The van der Waals surface area contributed by atoms with Crippen LogP contribution in [0.15, 0.2) is 30.5 Å². The van der Waals surface area contributed by atoms with Crippen molar-refractivity contribution in [2.45, 2.75) is 6.61 Å². The molecule has 7 heteroatoms. The first-order chi connectivity index (χ1) is 9.11. The van der Waals surface area contributed by atoms with E-state index in [4.69, 9.17) is 16.5 Å². The van der Waals surface area contributed by atoms with E-state index in [1.807, 2.05) is 4.84 Å². The minimum Gasteiger partial charge on any atom is -0.472 e. The minimum absolute atomic E-state index is 0.108. The van der Waals surface area contributed by atoms with Crippen molar-refractivity contribution in [2.75, 3.05) is 0 Å². The number of rotatable bonds is 4. The van der Waals surface area contributed by atoms with Gasteiger partial charge in [0, 0.05) is 36.7 Å². The first-order valence-corrected chi connectivity index (χ1v) is 5.80. The number of aromatic nitrogens is 2. The number of nitrogens with zero attached hydrogens (tertiary/aromatic N) is 2. The van der Waals surface area contributed by atoms with Crippen LogP contribution >= 0.6 is 11.8 Å². The largest absolute Gasteiger partial charge is 0.472 e. The highest BCUT2D eigenvalue weighted by molar-refractivity contribution is 6.24. The molecule has 19 heavy (non-hydrogen) atoms. The van der Waals surface area contributed by atoms with Gasteiger partial charge in [-0.2, -0.15) is 0 Å². The van der Waals surface area contributed by atoms with Gasteiger partial charge in [0.15, 0.2) is 0 Å². The van der Waals surface area contributed by atoms with Gasteiger partial charge in [0.1, 0.15) is 12.4 Å². The molecule has 0 atom stereocenters. The van der Waals surface area contributed by atoms with Crippen LogP contribution in [-0.2, 0) is 13.7 Å². The Kier molecular flexibility index (Phi) is 4.01. The first kappa shape index (κ1) is 13.4. The summed E-state index contributed by atoms with van der Waals surface area (Å²) in [7, 11) is 1.74. The number of carbonyl (C=O) groups excluding carboxylic acids is 1. The maximum Gasteiger partial charge on any atom is 0.266 e. The summed E-state index contributed by atoms with van der Waals surface area (Å²) in [4.78, 5) is 13.5. The zero-order valence-electron chi connectivity index (χ0n) is 10.1. The fourth-order valence-electron chi connectivity index (χ4n) is 1.59. The number of carbonyl (C=O) groups is 1. The van der Waals surface area contributed by atoms with Crippen molar-refractivity contribution in [3.8, 4) is 5.88 Å². The van der Waals surface area contributed by atoms with Gasteiger partial charge in [-0.15, -0.1) is 5.10 Å². The van der Waals surface area contributed by atoms with Crippen LogP contribution in [0.2, 0.25) is 0 Å². The van der Waals surface area contributed by atoms with Crippen molar-refractivity contribution < 1.29 is 13.9 Å². The van der Waals surface area contributed by atoms with E-state index in [1.54, 1.807) is 24.0 Å². The predicted octanol–water partition coefficient (Wildman–Crippen LogP) is 2.02. The van der Waals surface area contributed by atoms with Crippen molar-refractivity contribution in [1.82, 2.24) is 14.6 Å². The second kappa shape index (κ2) is 5.71. The van der Waals surface area contributed by atoms with Gasteiger partial charge in [-0.25, -0.2) is 4.39 Å². The standard InChI is InChI=1S/C12H11ClFN3O2/c1-17-6-5-11(16-17)19-7-9-8(12(18)15-13)3-2-4-10(9)14/h2-6H,7H2,1H3,(H,15,18). The van der Waals surface area contributed by atoms with Crippen LogP contribution in [0.3, 0.4) is 0 Å². The Bertz CT molecular complexity index is 600. The number of hydrogen-bond donors (Lipinski definition) is 1. The molecule has 0 aliphatic heterocycles. The second-order valence-corrected chi connectivity index (χ2v) is 3.99. The molecule has 0 aliphatic rings. The van der Waals surface area contributed by atoms with Crippen LogP contribution < -0.4 is 9.57 Å². The zero-order valence-corrected chi connectivity index (χ0v) is 10.8. The normalized spacial score (nSPS) is 10.3. The maximum atomic E-state index is 13.7. The Labute approximate surface area is 114 Å². The van der Waals surface area contributed by atoms with E-state index in [-0.39, 0.29) is 17.7 Å². The molecule has 1 amide bonds. The lowest BCUT2D eigenvalue weighted by molar-refractivity contribution is 0.0978. The van der Waals surface area contributed by atoms with E-state index >= 15 is 0 Å². The second-order valence-electron chi connectivity index (χ2n) is 3.81. The summed E-state index contributed by atoms with van der Waals surface area (Å²) < 4.78 is 20.6. The SMILES string of the molecule is Cn1ccc(OCc2c(F)cccc2C(=O)NCl)n1. The van der Waals surface area contributed by atoms with Gasteiger partial charge in [-0.05, 0) is 12.1 Å². The molecular formula is C12H11ClFN3O2. The Morgan fingerprint density at radius 2 is 2.32 bits per heavy atom. The maximum absolute atomic E-state index is 13.7. The number of ether oxygens (including phenoxy) is 1. The van der Waals surface area contributed by atoms with E-state index in [2.05, 4.69) is 5.10 Å². The summed E-state index contributed by atoms with van der Waals surface area (Å²) >= 11 is 5.25. The van der Waals surface area contributed by atoms with Crippen molar-refractivity contribution in [3.63, 3.8) is 0 Å². The number of amides is 1. The van der Waals surface area contributed by atoms with Gasteiger partial charge >= 0.3 is 0 Å². The van der Waals surface area contributed by atoms with Gasteiger partial charge in [-0.1, -0.05) is 6.07 Å². The molecule has 0 fully saturated rings. The van der Waals surface area contributed by atoms with Gasteiger partial charge in [0.2, 0.25) is 5.88 Å². The van der Waals surface area contributed by atoms with Crippen molar-refractivity contribution >= 4 is 17.7 Å². The lowest BCUT2D eigenvalue weighted by atomic mass is 10.1. The summed E-state index contributed by atoms with van der Waals surface area (Å²) in [6.45, 7) is -0.108. The number of aryl methyl sites for hydroxylation is 1. The topological polar surface area (TPSA) is 56.1 Å². The molecule has 0 aliphatic carbocycles. The molecule has 0 unspecified atom stereocenters. The Morgan fingerprint density at radius 3 is 2.95 bits per heavy atom. The third kappa shape index (κ3) is 3.03. The third-order valence-corrected chi connectivity index (χ3v) is 2.67. The van der Waals surface area contributed by atoms with Crippen LogP contribution in [0.5, 0.6) is 5.88 Å². The smallest absolute Gasteiger partial charge is 0.266 e. The molecule has 1 aromatic carbocycles. The van der Waals surface area contributed by atoms with Gasteiger partial charge < -0.3 is 4.74 Å². The molecular weight excluding hydrogens is 273 g/mol. The third-order valence-electron chi connectivity index (χ3n) is 2.50. The molecule has 1 N–H and O–H groups in total. The van der Waals surface area contributed by atoms with Gasteiger partial charge in [0.05, 0.1) is 5.56 Å². The molecule has 0 bridgehead atoms. The summed E-state index contributed by atoms with van der Waals surface area (Å²) in [6.07, 6.45) is 1.70. The molecule has 5 nitrogen and oxygen atoms in total. The molecule has 100 valence electrons. The average Bonchev–Trinajstić information content (AvgIpc) is 2.82. The monoisotopic (exact) mass is 283 g/mol. The lowest BCUT2D eigenvalue weighted by Crippen LogP contribution is -2.17. The lowest BCUT2D eigenvalue weighted by Gasteiger charge is -2.09. The quantitative estimate of drug-likeness (QED) is 0.874. The summed E-state index contributed by atoms with van der Waals surface area (Å²) in [6, 6.07) is 5.79. The fourth-order valence-corrected chi connectivity index (χ4v) is 1.69. The highest BCUT2D eigenvalue weighted by atomic mass is 35.5. The van der Waals surface area contributed by atoms with Crippen molar-refractivity contribution in [2.24, 2.45) is 7.05 Å². The van der Waals surface area contributed by atoms with Gasteiger partial charge in [-0.3, -0.25) is 14.3 Å². The van der Waals surface area contributed by atoms with Crippen LogP contribution in [0.4, 0.5) is 4.39 Å². The minimum atomic E-state index is -0.583. The highest BCUT2D eigenvalue weighted by Crippen LogP contribution is 2.17. The van der Waals surface area contributed by atoms with Gasteiger partial charge in [0.25, 0.3) is 5.91 Å². The van der Waals surface area contributed by atoms with E-state index in [1.165, 1.54) is 18.2 Å². The molecule has 0 saturated carbocycles. The molecule has 1 heterocycles. The fraction of sp³-hybridized carbons (Fsp3) is 0.167. The van der Waals surface area contributed by atoms with Crippen LogP contribution in [0.1, 0.15) is 15.9 Å². The number of hydrogen-bond acceptors (Lipinski definition) is 3. The van der Waals surface area contributed by atoms with E-state index < -0.39 is 11.7 Å². The van der Waals surface area contributed by atoms with Crippen LogP contribution in [0.25, 0.3) is 0 Å². The summed E-state index contributed by atoms with van der Waals surface area (Å²) in [5.41, 5.74) is 0.261. The predicted molar refractivity (Wildman–Crippen MR) is 67.3 cm³/mol. The molecule has 0 radical (unpaired) electrons. The van der Waals surface area contributed by atoms with Crippen LogP contribution in [0, 0.1) is 5.82 Å². The van der Waals surface area contributed by atoms with E-state index in [9.17, 15) is 9.18 Å².